The van der Waals surface area contributed by atoms with Gasteiger partial charge in [-0.3, -0.25) is 9.59 Å². The molecule has 0 heterocycles. The monoisotopic (exact) mass is 210 g/mol. The van der Waals surface area contributed by atoms with Crippen molar-refractivity contribution in [2.24, 2.45) is 0 Å². The van der Waals surface area contributed by atoms with Gasteiger partial charge in [-0.25, -0.2) is 0 Å². The molecule has 0 aliphatic heterocycles. The summed E-state index contributed by atoms with van der Waals surface area (Å²) in [5.41, 5.74) is 0.385. The van der Waals surface area contributed by atoms with Crippen LogP contribution in [0.5, 0.6) is 5.75 Å². The Morgan fingerprint density at radius 2 is 1.80 bits per heavy atom. The lowest BCUT2D eigenvalue weighted by Gasteiger charge is -2.09. The van der Waals surface area contributed by atoms with E-state index in [4.69, 9.17) is 4.74 Å². The number of aldehydes is 1. The molecule has 4 nitrogen and oxygen atoms in total. The Hall–Kier alpha value is -1.68. The second kappa shape index (κ2) is 5.93. The summed E-state index contributed by atoms with van der Waals surface area (Å²) >= 11 is 0. The molecule has 0 aliphatic carbocycles. The van der Waals surface area contributed by atoms with Crippen molar-refractivity contribution in [1.82, 2.24) is 0 Å². The van der Waals surface area contributed by atoms with E-state index in [1.54, 1.807) is 24.3 Å². The van der Waals surface area contributed by atoms with Crippen LogP contribution >= 0.6 is 0 Å². The maximum Gasteiger partial charge on any atom is 0.225 e. The second-order valence-electron chi connectivity index (χ2n) is 3.17. The number of hydrogen-bond acceptors (Lipinski definition) is 3. The number of ketones is 1. The molecule has 4 heteroatoms. The lowest BCUT2D eigenvalue weighted by molar-refractivity contribution is -0.104. The first-order valence-corrected chi connectivity index (χ1v) is 4.39. The molecule has 15 heavy (non-hydrogen) atoms. The van der Waals surface area contributed by atoms with Crippen molar-refractivity contribution >= 4 is 12.1 Å². The smallest absolute Gasteiger partial charge is 0.225 e. The molecule has 0 saturated heterocycles. The highest BCUT2D eigenvalue weighted by molar-refractivity contribution is 6.33. The molecule has 1 aromatic carbocycles. The third kappa shape index (κ3) is 3.91. The van der Waals surface area contributed by atoms with E-state index >= 15 is 0 Å². The van der Waals surface area contributed by atoms with Gasteiger partial charge in [0.05, 0.1) is 6.10 Å². The zero-order valence-electron chi connectivity index (χ0n) is 8.69. The van der Waals surface area contributed by atoms with Crippen LogP contribution in [0.2, 0.25) is 0 Å². The molecule has 0 aliphatic rings. The number of Topliss-reactive ketones (excluding diaryl/α,β-unsaturated/α-hetero) is 1. The predicted octanol–water partition coefficient (Wildman–Crippen LogP) is 1.03. The van der Waals surface area contributed by atoms with E-state index in [0.29, 0.717) is 17.6 Å². The Bertz CT molecular complexity index is 327. The van der Waals surface area contributed by atoms with Gasteiger partial charge in [-0.15, -0.1) is 0 Å². The molecule has 0 bridgehead atoms. The SMILES string of the molecule is CC(C)Oc1ccc(C(=O)C=O)cc1.O. The van der Waals surface area contributed by atoms with Gasteiger partial charge in [-0.05, 0) is 38.1 Å². The Kier molecular flexibility index (Phi) is 5.26. The van der Waals surface area contributed by atoms with Crippen molar-refractivity contribution in [3.05, 3.63) is 29.8 Å². The summed E-state index contributed by atoms with van der Waals surface area (Å²) in [4.78, 5) is 21.1. The quantitative estimate of drug-likeness (QED) is 0.423. The van der Waals surface area contributed by atoms with E-state index in [0.717, 1.165) is 0 Å². The molecule has 0 atom stereocenters. The van der Waals surface area contributed by atoms with Crippen LogP contribution in [-0.2, 0) is 4.79 Å². The molecular weight excluding hydrogens is 196 g/mol. The van der Waals surface area contributed by atoms with Crippen LogP contribution in [0.3, 0.4) is 0 Å². The summed E-state index contributed by atoms with van der Waals surface area (Å²) in [7, 11) is 0. The average Bonchev–Trinajstić information content (AvgIpc) is 2.17. The van der Waals surface area contributed by atoms with Crippen LogP contribution in [0.4, 0.5) is 0 Å². The van der Waals surface area contributed by atoms with E-state index in [1.165, 1.54) is 0 Å². The molecule has 82 valence electrons. The van der Waals surface area contributed by atoms with Crippen LogP contribution < -0.4 is 4.74 Å². The van der Waals surface area contributed by atoms with Crippen LogP contribution in [0.1, 0.15) is 24.2 Å². The maximum atomic E-state index is 10.9. The zero-order chi connectivity index (χ0) is 10.6. The van der Waals surface area contributed by atoms with Gasteiger partial charge < -0.3 is 10.2 Å². The van der Waals surface area contributed by atoms with Gasteiger partial charge in [0.15, 0.2) is 6.29 Å². The second-order valence-corrected chi connectivity index (χ2v) is 3.17. The molecular formula is C11H14O4. The molecule has 2 N–H and O–H groups in total. The Labute approximate surface area is 88.2 Å². The van der Waals surface area contributed by atoms with Crippen LogP contribution in [0.15, 0.2) is 24.3 Å². The predicted molar refractivity (Wildman–Crippen MR) is 56.2 cm³/mol. The van der Waals surface area contributed by atoms with Crippen LogP contribution in [0.25, 0.3) is 0 Å². The highest BCUT2D eigenvalue weighted by Gasteiger charge is 2.03. The summed E-state index contributed by atoms with van der Waals surface area (Å²) in [6.07, 6.45) is 0.404. The first-order valence-electron chi connectivity index (χ1n) is 4.39. The van der Waals surface area contributed by atoms with E-state index in [1.807, 2.05) is 13.8 Å². The molecule has 1 aromatic rings. The minimum Gasteiger partial charge on any atom is -0.491 e. The van der Waals surface area contributed by atoms with Gasteiger partial charge in [0.1, 0.15) is 5.75 Å². The normalized spacial score (nSPS) is 9.27. The lowest BCUT2D eigenvalue weighted by atomic mass is 10.1. The minimum atomic E-state index is -0.513. The summed E-state index contributed by atoms with van der Waals surface area (Å²) < 4.78 is 5.38. The van der Waals surface area contributed by atoms with Crippen LogP contribution in [-0.4, -0.2) is 23.6 Å². The van der Waals surface area contributed by atoms with Crippen molar-refractivity contribution in [3.63, 3.8) is 0 Å². The van der Waals surface area contributed by atoms with Crippen molar-refractivity contribution < 1.29 is 19.8 Å². The van der Waals surface area contributed by atoms with Crippen molar-refractivity contribution in [2.75, 3.05) is 0 Å². The number of hydrogen-bond donors (Lipinski definition) is 0. The lowest BCUT2D eigenvalue weighted by Crippen LogP contribution is -2.06. The summed E-state index contributed by atoms with van der Waals surface area (Å²) in [6.45, 7) is 3.84. The van der Waals surface area contributed by atoms with Crippen molar-refractivity contribution in [1.29, 1.82) is 0 Å². The summed E-state index contributed by atoms with van der Waals surface area (Å²) in [5.74, 6) is 0.184. The number of benzene rings is 1. The number of carbonyl (C=O) groups is 2. The van der Waals surface area contributed by atoms with Gasteiger partial charge >= 0.3 is 0 Å². The number of carbonyl (C=O) groups excluding carboxylic acids is 2. The van der Waals surface area contributed by atoms with Gasteiger partial charge in [0.25, 0.3) is 0 Å². The third-order valence-corrected chi connectivity index (χ3v) is 1.62. The maximum absolute atomic E-state index is 10.9. The van der Waals surface area contributed by atoms with E-state index in [2.05, 4.69) is 0 Å². The van der Waals surface area contributed by atoms with Gasteiger partial charge in [0.2, 0.25) is 5.78 Å². The van der Waals surface area contributed by atoms with Crippen molar-refractivity contribution in [2.45, 2.75) is 20.0 Å². The van der Waals surface area contributed by atoms with Crippen LogP contribution in [0, 0.1) is 0 Å². The molecule has 0 saturated carbocycles. The standard InChI is InChI=1S/C11H12O3.H2O/c1-8(2)14-10-5-3-9(4-6-10)11(13)7-12;/h3-8H,1-2H3;1H2. The summed E-state index contributed by atoms with van der Waals surface area (Å²) in [5, 5.41) is 0. The molecule has 0 fully saturated rings. The topological polar surface area (TPSA) is 74.9 Å². The van der Waals surface area contributed by atoms with Gasteiger partial charge in [0, 0.05) is 5.56 Å². The largest absolute Gasteiger partial charge is 0.491 e. The fraction of sp³-hybridized carbons (Fsp3) is 0.273. The van der Waals surface area contributed by atoms with E-state index in [-0.39, 0.29) is 11.6 Å². The van der Waals surface area contributed by atoms with Gasteiger partial charge in [-0.1, -0.05) is 0 Å². The highest BCUT2D eigenvalue weighted by Crippen LogP contribution is 2.13. The number of ether oxygens (including phenoxy) is 1. The first kappa shape index (κ1) is 13.3. The highest BCUT2D eigenvalue weighted by atomic mass is 16.5. The molecule has 0 aromatic heterocycles. The fourth-order valence-electron chi connectivity index (χ4n) is 1.04. The number of rotatable bonds is 4. The third-order valence-electron chi connectivity index (χ3n) is 1.62. The molecule has 0 spiro atoms. The van der Waals surface area contributed by atoms with E-state index in [9.17, 15) is 9.59 Å². The van der Waals surface area contributed by atoms with E-state index < -0.39 is 5.78 Å². The fourth-order valence-corrected chi connectivity index (χ4v) is 1.04. The molecule has 0 radical (unpaired) electrons. The Morgan fingerprint density at radius 1 is 1.27 bits per heavy atom. The molecule has 1 rings (SSSR count). The zero-order valence-corrected chi connectivity index (χ0v) is 8.69. The summed E-state index contributed by atoms with van der Waals surface area (Å²) in [6, 6.07) is 6.51. The van der Waals surface area contributed by atoms with Gasteiger partial charge in [-0.2, -0.15) is 0 Å². The average molecular weight is 210 g/mol. The Morgan fingerprint density at radius 3 is 2.20 bits per heavy atom. The van der Waals surface area contributed by atoms with Crippen molar-refractivity contribution in [3.8, 4) is 5.75 Å². The molecule has 0 unspecified atom stereocenters. The Balaban J connectivity index is 0.00000196. The molecule has 0 amide bonds. The first-order chi connectivity index (χ1) is 6.63. The minimum absolute atomic E-state index is 0.